The smallest absolute Gasteiger partial charge is 0.254 e. The Balaban J connectivity index is 2.55. The molecule has 0 aromatic carbocycles. The van der Waals surface area contributed by atoms with Gasteiger partial charge in [-0.15, -0.1) is 10.2 Å². The van der Waals surface area contributed by atoms with Crippen molar-refractivity contribution in [2.75, 3.05) is 6.54 Å². The molecule has 2 heterocycles. The summed E-state index contributed by atoms with van der Waals surface area (Å²) in [5.41, 5.74) is 5.41. The first-order valence-corrected chi connectivity index (χ1v) is 3.76. The SMILES string of the molecule is NCCc1nnc2ncccn12. The fourth-order valence-electron chi connectivity index (χ4n) is 1.09. The minimum Gasteiger partial charge on any atom is -0.330 e. The molecule has 0 saturated carbocycles. The van der Waals surface area contributed by atoms with E-state index in [1.165, 1.54) is 0 Å². The Morgan fingerprint density at radius 1 is 1.42 bits per heavy atom. The summed E-state index contributed by atoms with van der Waals surface area (Å²) in [6.45, 7) is 0.579. The predicted octanol–water partition coefficient (Wildman–Crippen LogP) is -0.375. The minimum atomic E-state index is 0.579. The maximum atomic E-state index is 5.41. The summed E-state index contributed by atoms with van der Waals surface area (Å²) >= 11 is 0. The zero-order chi connectivity index (χ0) is 8.39. The maximum Gasteiger partial charge on any atom is 0.254 e. The summed E-state index contributed by atoms with van der Waals surface area (Å²) < 4.78 is 1.84. The molecule has 0 amide bonds. The van der Waals surface area contributed by atoms with Gasteiger partial charge in [0.25, 0.3) is 5.78 Å². The molecular weight excluding hydrogens is 154 g/mol. The topological polar surface area (TPSA) is 69.1 Å². The first kappa shape index (κ1) is 7.17. The number of nitrogens with zero attached hydrogens (tertiary/aromatic N) is 4. The van der Waals surface area contributed by atoms with Crippen LogP contribution in [0, 0.1) is 0 Å². The summed E-state index contributed by atoms with van der Waals surface area (Å²) in [6.07, 6.45) is 4.30. The minimum absolute atomic E-state index is 0.579. The number of fused-ring (bicyclic) bond motifs is 1. The second-order valence-electron chi connectivity index (χ2n) is 2.44. The van der Waals surface area contributed by atoms with E-state index in [4.69, 9.17) is 5.73 Å². The normalized spacial score (nSPS) is 10.8. The molecule has 0 atom stereocenters. The number of nitrogens with two attached hydrogens (primary N) is 1. The molecule has 5 heteroatoms. The monoisotopic (exact) mass is 163 g/mol. The van der Waals surface area contributed by atoms with E-state index >= 15 is 0 Å². The Hall–Kier alpha value is -1.49. The van der Waals surface area contributed by atoms with Crippen molar-refractivity contribution in [1.82, 2.24) is 19.6 Å². The molecule has 0 aliphatic rings. The zero-order valence-electron chi connectivity index (χ0n) is 6.51. The van der Waals surface area contributed by atoms with Crippen LogP contribution in [0.3, 0.4) is 0 Å². The van der Waals surface area contributed by atoms with Crippen LogP contribution < -0.4 is 5.73 Å². The Kier molecular flexibility index (Phi) is 1.71. The van der Waals surface area contributed by atoms with E-state index in [2.05, 4.69) is 15.2 Å². The lowest BCUT2D eigenvalue weighted by molar-refractivity contribution is 0.847. The van der Waals surface area contributed by atoms with E-state index < -0.39 is 0 Å². The average Bonchev–Trinajstić information content (AvgIpc) is 2.50. The highest BCUT2D eigenvalue weighted by Crippen LogP contribution is 1.98. The molecule has 2 rings (SSSR count). The quantitative estimate of drug-likeness (QED) is 0.655. The van der Waals surface area contributed by atoms with Crippen LogP contribution in [0.2, 0.25) is 0 Å². The Labute approximate surface area is 69.2 Å². The van der Waals surface area contributed by atoms with E-state index in [9.17, 15) is 0 Å². The molecule has 12 heavy (non-hydrogen) atoms. The Morgan fingerprint density at radius 2 is 2.33 bits per heavy atom. The van der Waals surface area contributed by atoms with Crippen LogP contribution in [0.4, 0.5) is 0 Å². The van der Waals surface area contributed by atoms with Gasteiger partial charge < -0.3 is 5.73 Å². The second kappa shape index (κ2) is 2.86. The third kappa shape index (κ3) is 1.04. The molecule has 0 radical (unpaired) electrons. The van der Waals surface area contributed by atoms with Crippen LogP contribution in [0.1, 0.15) is 5.82 Å². The largest absolute Gasteiger partial charge is 0.330 e. The fraction of sp³-hybridized carbons (Fsp3) is 0.286. The first-order chi connectivity index (χ1) is 5.92. The molecule has 0 saturated heterocycles. The molecule has 0 fully saturated rings. The Morgan fingerprint density at radius 3 is 3.17 bits per heavy atom. The van der Waals surface area contributed by atoms with E-state index in [0.29, 0.717) is 12.3 Å². The standard InChI is InChI=1S/C7H9N5/c8-3-2-6-10-11-7-9-4-1-5-12(6)7/h1,4-5H,2-3,8H2. The average molecular weight is 163 g/mol. The highest BCUT2D eigenvalue weighted by Gasteiger charge is 2.02. The van der Waals surface area contributed by atoms with Crippen LogP contribution >= 0.6 is 0 Å². The van der Waals surface area contributed by atoms with Crippen LogP contribution in [0.5, 0.6) is 0 Å². The molecule has 62 valence electrons. The highest BCUT2D eigenvalue weighted by molar-refractivity contribution is 5.26. The van der Waals surface area contributed by atoms with Crippen LogP contribution in [-0.2, 0) is 6.42 Å². The van der Waals surface area contributed by atoms with Gasteiger partial charge in [-0.3, -0.25) is 4.40 Å². The van der Waals surface area contributed by atoms with Gasteiger partial charge in [-0.25, -0.2) is 4.98 Å². The highest BCUT2D eigenvalue weighted by atomic mass is 15.3. The van der Waals surface area contributed by atoms with Crippen LogP contribution in [0.25, 0.3) is 5.78 Å². The van der Waals surface area contributed by atoms with Gasteiger partial charge in [0.05, 0.1) is 0 Å². The third-order valence-corrected chi connectivity index (χ3v) is 1.63. The molecule has 0 spiro atoms. The van der Waals surface area contributed by atoms with Gasteiger partial charge >= 0.3 is 0 Å². The van der Waals surface area contributed by atoms with Crippen molar-refractivity contribution in [2.24, 2.45) is 5.73 Å². The number of hydrogen-bond acceptors (Lipinski definition) is 4. The van der Waals surface area contributed by atoms with Crippen molar-refractivity contribution in [3.8, 4) is 0 Å². The number of aromatic nitrogens is 4. The van der Waals surface area contributed by atoms with Gasteiger partial charge in [0.15, 0.2) is 0 Å². The summed E-state index contributed by atoms with van der Waals surface area (Å²) in [4.78, 5) is 4.03. The molecule has 2 aromatic rings. The predicted molar refractivity (Wildman–Crippen MR) is 43.5 cm³/mol. The van der Waals surface area contributed by atoms with Crippen molar-refractivity contribution < 1.29 is 0 Å². The fourth-order valence-corrected chi connectivity index (χ4v) is 1.09. The van der Waals surface area contributed by atoms with Crippen molar-refractivity contribution in [1.29, 1.82) is 0 Å². The molecule has 0 aliphatic heterocycles. The molecule has 0 unspecified atom stereocenters. The van der Waals surface area contributed by atoms with Gasteiger partial charge in [-0.05, 0) is 12.6 Å². The summed E-state index contributed by atoms with van der Waals surface area (Å²) in [6, 6.07) is 1.84. The lowest BCUT2D eigenvalue weighted by Gasteiger charge is -1.94. The molecule has 5 nitrogen and oxygen atoms in total. The molecule has 0 bridgehead atoms. The molecular formula is C7H9N5. The summed E-state index contributed by atoms with van der Waals surface area (Å²) in [5, 5.41) is 7.84. The van der Waals surface area contributed by atoms with Gasteiger partial charge in [0.1, 0.15) is 5.82 Å². The maximum absolute atomic E-state index is 5.41. The zero-order valence-corrected chi connectivity index (χ0v) is 6.51. The first-order valence-electron chi connectivity index (χ1n) is 3.76. The summed E-state index contributed by atoms with van der Waals surface area (Å²) in [5.74, 6) is 1.49. The summed E-state index contributed by atoms with van der Waals surface area (Å²) in [7, 11) is 0. The van der Waals surface area contributed by atoms with E-state index in [1.807, 2.05) is 16.7 Å². The van der Waals surface area contributed by atoms with Crippen molar-refractivity contribution in [3.05, 3.63) is 24.3 Å². The van der Waals surface area contributed by atoms with Gasteiger partial charge in [0.2, 0.25) is 0 Å². The van der Waals surface area contributed by atoms with Gasteiger partial charge in [-0.2, -0.15) is 0 Å². The van der Waals surface area contributed by atoms with E-state index in [1.54, 1.807) is 6.20 Å². The van der Waals surface area contributed by atoms with E-state index in [-0.39, 0.29) is 0 Å². The molecule has 0 aliphatic carbocycles. The van der Waals surface area contributed by atoms with Crippen LogP contribution in [0.15, 0.2) is 18.5 Å². The van der Waals surface area contributed by atoms with E-state index in [0.717, 1.165) is 12.2 Å². The number of rotatable bonds is 2. The van der Waals surface area contributed by atoms with Crippen molar-refractivity contribution >= 4 is 5.78 Å². The lowest BCUT2D eigenvalue weighted by Crippen LogP contribution is -2.06. The van der Waals surface area contributed by atoms with Crippen LogP contribution in [-0.4, -0.2) is 26.1 Å². The van der Waals surface area contributed by atoms with Gasteiger partial charge in [0, 0.05) is 18.8 Å². The molecule has 2 N–H and O–H groups in total. The Bertz CT molecular complexity index is 380. The second-order valence-corrected chi connectivity index (χ2v) is 2.44. The third-order valence-electron chi connectivity index (χ3n) is 1.63. The lowest BCUT2D eigenvalue weighted by atomic mass is 10.4. The van der Waals surface area contributed by atoms with Crippen molar-refractivity contribution in [2.45, 2.75) is 6.42 Å². The van der Waals surface area contributed by atoms with Crippen molar-refractivity contribution in [3.63, 3.8) is 0 Å². The molecule has 2 aromatic heterocycles. The van der Waals surface area contributed by atoms with Gasteiger partial charge in [-0.1, -0.05) is 0 Å². The number of hydrogen-bond donors (Lipinski definition) is 1.